The van der Waals surface area contributed by atoms with Gasteiger partial charge in [-0.2, -0.15) is 0 Å². The summed E-state index contributed by atoms with van der Waals surface area (Å²) in [5.41, 5.74) is 0.660. The molecule has 2 aromatic rings. The fourth-order valence-corrected chi connectivity index (χ4v) is 3.43. The van der Waals surface area contributed by atoms with Gasteiger partial charge in [-0.1, -0.05) is 30.3 Å². The van der Waals surface area contributed by atoms with Gasteiger partial charge in [0.25, 0.3) is 0 Å². The molecule has 0 saturated carbocycles. The lowest BCUT2D eigenvalue weighted by Crippen LogP contribution is -2.37. The van der Waals surface area contributed by atoms with Crippen molar-refractivity contribution in [3.05, 3.63) is 42.0 Å². The molecule has 2 aromatic carbocycles. The van der Waals surface area contributed by atoms with Gasteiger partial charge in [0.1, 0.15) is 18.5 Å². The summed E-state index contributed by atoms with van der Waals surface area (Å²) in [5, 5.41) is 12.3. The zero-order chi connectivity index (χ0) is 18.7. The number of hydrogen-bond acceptors (Lipinski definition) is 6. The van der Waals surface area contributed by atoms with Crippen molar-refractivity contribution >= 4 is 22.7 Å². The normalized spacial score (nSPS) is 22.8. The van der Waals surface area contributed by atoms with Gasteiger partial charge in [0, 0.05) is 32.3 Å². The number of hydrogen-bond donors (Lipinski definition) is 1. The van der Waals surface area contributed by atoms with Crippen LogP contribution < -0.4 is 0 Å². The smallest absolute Gasteiger partial charge is 0.302 e. The van der Waals surface area contributed by atoms with Gasteiger partial charge < -0.3 is 19.3 Å². The molecular formula is C20H22O6. The lowest BCUT2D eigenvalue weighted by molar-refractivity contribution is -0.169. The van der Waals surface area contributed by atoms with Gasteiger partial charge in [-0.25, -0.2) is 0 Å². The first-order chi connectivity index (χ1) is 12.4. The Morgan fingerprint density at radius 1 is 1.12 bits per heavy atom. The van der Waals surface area contributed by atoms with Gasteiger partial charge in [0.05, 0.1) is 12.2 Å². The summed E-state index contributed by atoms with van der Waals surface area (Å²) in [6.45, 7) is 2.77. The molecular weight excluding hydrogens is 336 g/mol. The summed E-state index contributed by atoms with van der Waals surface area (Å²) >= 11 is 0. The number of phenolic OH excluding ortho intramolecular Hbond substituents is 1. The van der Waals surface area contributed by atoms with Crippen LogP contribution in [0, 0.1) is 0 Å². The van der Waals surface area contributed by atoms with Crippen LogP contribution >= 0.6 is 0 Å². The Morgan fingerprint density at radius 3 is 2.62 bits per heavy atom. The Morgan fingerprint density at radius 2 is 1.88 bits per heavy atom. The molecule has 1 N–H and O–H groups in total. The molecule has 138 valence electrons. The highest BCUT2D eigenvalue weighted by Gasteiger charge is 2.34. The van der Waals surface area contributed by atoms with Crippen molar-refractivity contribution in [2.45, 2.75) is 45.0 Å². The molecule has 3 atom stereocenters. The van der Waals surface area contributed by atoms with Crippen LogP contribution in [0.25, 0.3) is 10.8 Å². The minimum atomic E-state index is -0.472. The summed E-state index contributed by atoms with van der Waals surface area (Å²) in [5.74, 6) is -0.639. The lowest BCUT2D eigenvalue weighted by atomic mass is 9.92. The van der Waals surface area contributed by atoms with Crippen molar-refractivity contribution in [1.82, 2.24) is 0 Å². The molecule has 1 aliphatic heterocycles. The van der Waals surface area contributed by atoms with Crippen molar-refractivity contribution in [3.63, 3.8) is 0 Å². The second-order valence-electron chi connectivity index (χ2n) is 6.47. The van der Waals surface area contributed by atoms with Gasteiger partial charge in [0.15, 0.2) is 0 Å². The molecule has 26 heavy (non-hydrogen) atoms. The number of esters is 2. The maximum absolute atomic E-state index is 11.4. The van der Waals surface area contributed by atoms with Gasteiger partial charge in [-0.15, -0.1) is 0 Å². The van der Waals surface area contributed by atoms with E-state index >= 15 is 0 Å². The first-order valence-corrected chi connectivity index (χ1v) is 8.60. The number of aromatic hydroxyl groups is 1. The Bertz CT molecular complexity index is 815. The second-order valence-corrected chi connectivity index (χ2v) is 6.47. The Hall–Kier alpha value is -2.60. The summed E-state index contributed by atoms with van der Waals surface area (Å²) < 4.78 is 16.6. The van der Waals surface area contributed by atoms with Crippen LogP contribution in [0.4, 0.5) is 0 Å². The lowest BCUT2D eigenvalue weighted by Gasteiger charge is -2.35. The average molecular weight is 358 g/mol. The molecule has 0 aliphatic carbocycles. The van der Waals surface area contributed by atoms with Crippen LogP contribution in [0.1, 0.15) is 38.4 Å². The van der Waals surface area contributed by atoms with Crippen LogP contribution in [0.3, 0.4) is 0 Å². The van der Waals surface area contributed by atoms with Crippen LogP contribution in [0.15, 0.2) is 36.4 Å². The maximum Gasteiger partial charge on any atom is 0.302 e. The van der Waals surface area contributed by atoms with Gasteiger partial charge >= 0.3 is 11.9 Å². The first kappa shape index (κ1) is 18.2. The largest absolute Gasteiger partial charge is 0.508 e. The van der Waals surface area contributed by atoms with Crippen LogP contribution in [0.2, 0.25) is 0 Å². The summed E-state index contributed by atoms with van der Waals surface area (Å²) in [7, 11) is 0. The predicted octanol–water partition coefficient (Wildman–Crippen LogP) is 3.26. The average Bonchev–Trinajstić information content (AvgIpc) is 2.59. The molecule has 1 saturated heterocycles. The predicted molar refractivity (Wildman–Crippen MR) is 94.6 cm³/mol. The van der Waals surface area contributed by atoms with Crippen molar-refractivity contribution in [3.8, 4) is 5.75 Å². The maximum atomic E-state index is 11.4. The van der Waals surface area contributed by atoms with E-state index in [0.29, 0.717) is 18.4 Å². The topological polar surface area (TPSA) is 82.1 Å². The quantitative estimate of drug-likeness (QED) is 0.845. The first-order valence-electron chi connectivity index (χ1n) is 8.60. The number of carbonyl (C=O) groups is 2. The van der Waals surface area contributed by atoms with Crippen LogP contribution in [0.5, 0.6) is 5.75 Å². The minimum Gasteiger partial charge on any atom is -0.508 e. The molecule has 6 nitrogen and oxygen atoms in total. The van der Waals surface area contributed by atoms with E-state index in [1.807, 2.05) is 30.3 Å². The Kier molecular flexibility index (Phi) is 5.42. The fraction of sp³-hybridized carbons (Fsp3) is 0.400. The van der Waals surface area contributed by atoms with E-state index in [9.17, 15) is 14.7 Å². The molecule has 1 heterocycles. The van der Waals surface area contributed by atoms with E-state index in [-0.39, 0.29) is 24.4 Å². The zero-order valence-electron chi connectivity index (χ0n) is 14.8. The zero-order valence-corrected chi connectivity index (χ0v) is 14.8. The standard InChI is InChI=1S/C20H22O6/c1-12(21)24-11-16-9-15(25-13(2)22)10-19(26-16)20-17-6-4-3-5-14(17)7-8-18(20)23/h3-8,15-16,19,23H,9-11H2,1-2H3. The van der Waals surface area contributed by atoms with E-state index in [2.05, 4.69) is 0 Å². The van der Waals surface area contributed by atoms with Gasteiger partial charge in [-0.05, 0) is 16.8 Å². The molecule has 0 radical (unpaired) electrons. The SMILES string of the molecule is CC(=O)OCC1CC(OC(C)=O)CC(c2c(O)ccc3ccccc23)O1. The van der Waals surface area contributed by atoms with E-state index < -0.39 is 18.2 Å². The third kappa shape index (κ3) is 4.14. The second kappa shape index (κ2) is 7.74. The van der Waals surface area contributed by atoms with E-state index in [4.69, 9.17) is 14.2 Å². The van der Waals surface area contributed by atoms with Gasteiger partial charge in [0.2, 0.25) is 0 Å². The number of ether oxygens (including phenoxy) is 3. The van der Waals surface area contributed by atoms with Crippen LogP contribution in [-0.2, 0) is 23.8 Å². The third-order valence-electron chi connectivity index (χ3n) is 4.43. The molecule has 1 fully saturated rings. The van der Waals surface area contributed by atoms with Crippen molar-refractivity contribution in [1.29, 1.82) is 0 Å². The number of fused-ring (bicyclic) bond motifs is 1. The molecule has 1 aliphatic rings. The fourth-order valence-electron chi connectivity index (χ4n) is 3.43. The summed E-state index contributed by atoms with van der Waals surface area (Å²) in [6, 6.07) is 11.2. The van der Waals surface area contributed by atoms with E-state index in [0.717, 1.165) is 10.8 Å². The minimum absolute atomic E-state index is 0.0785. The van der Waals surface area contributed by atoms with Gasteiger partial charge in [-0.3, -0.25) is 9.59 Å². The molecule has 3 rings (SSSR count). The highest BCUT2D eigenvalue weighted by Crippen LogP contribution is 2.40. The monoisotopic (exact) mass is 358 g/mol. The molecule has 0 aromatic heterocycles. The van der Waals surface area contributed by atoms with Crippen LogP contribution in [-0.4, -0.2) is 35.9 Å². The third-order valence-corrected chi connectivity index (χ3v) is 4.43. The highest BCUT2D eigenvalue weighted by molar-refractivity contribution is 5.88. The van der Waals surface area contributed by atoms with E-state index in [1.54, 1.807) is 6.07 Å². The molecule has 6 heteroatoms. The molecule has 0 amide bonds. The Balaban J connectivity index is 1.93. The van der Waals surface area contributed by atoms with E-state index in [1.165, 1.54) is 13.8 Å². The number of carbonyl (C=O) groups excluding carboxylic acids is 2. The summed E-state index contributed by atoms with van der Waals surface area (Å²) in [4.78, 5) is 22.5. The van der Waals surface area contributed by atoms with Crippen molar-refractivity contribution in [2.75, 3.05) is 6.61 Å². The number of benzene rings is 2. The number of phenols is 1. The molecule has 3 unspecified atom stereocenters. The highest BCUT2D eigenvalue weighted by atomic mass is 16.6. The number of rotatable bonds is 4. The molecule has 0 bridgehead atoms. The van der Waals surface area contributed by atoms with Crippen molar-refractivity contribution in [2.24, 2.45) is 0 Å². The van der Waals surface area contributed by atoms with Crippen molar-refractivity contribution < 1.29 is 28.9 Å². The Labute approximate surface area is 151 Å². The summed E-state index contributed by atoms with van der Waals surface area (Å²) in [6.07, 6.45) is -0.391. The molecule has 0 spiro atoms.